The number of anilines is 1. The Bertz CT molecular complexity index is 447. The first-order valence-electron chi connectivity index (χ1n) is 7.02. The van der Waals surface area contributed by atoms with Gasteiger partial charge in [0, 0.05) is 31.9 Å². The number of hydrogen-bond acceptors (Lipinski definition) is 2. The molecule has 0 bridgehead atoms. The molecule has 0 radical (unpaired) electrons. The van der Waals surface area contributed by atoms with Gasteiger partial charge in [0.15, 0.2) is 0 Å². The van der Waals surface area contributed by atoms with Crippen molar-refractivity contribution in [2.75, 3.05) is 38.1 Å². The summed E-state index contributed by atoms with van der Waals surface area (Å²) >= 11 is 12.1. The van der Waals surface area contributed by atoms with Crippen molar-refractivity contribution >= 4 is 28.9 Å². The van der Waals surface area contributed by atoms with E-state index in [2.05, 4.69) is 22.9 Å². The Balaban J connectivity index is 1.72. The van der Waals surface area contributed by atoms with E-state index in [1.807, 2.05) is 12.1 Å². The molecule has 0 spiro atoms. The number of likely N-dealkylation sites (tertiary alicyclic amines) is 1. The Kier molecular flexibility index (Phi) is 3.93. The molecule has 2 fully saturated rings. The average Bonchev–Trinajstić information content (AvgIpc) is 2.62. The first-order valence-corrected chi connectivity index (χ1v) is 7.77. The summed E-state index contributed by atoms with van der Waals surface area (Å²) in [6, 6.07) is 5.98. The van der Waals surface area contributed by atoms with Gasteiger partial charge in [0.05, 0.1) is 10.0 Å². The van der Waals surface area contributed by atoms with Crippen molar-refractivity contribution in [3.63, 3.8) is 0 Å². The van der Waals surface area contributed by atoms with Gasteiger partial charge in [0.1, 0.15) is 0 Å². The van der Waals surface area contributed by atoms with Gasteiger partial charge < -0.3 is 9.80 Å². The van der Waals surface area contributed by atoms with Crippen molar-refractivity contribution in [1.29, 1.82) is 0 Å². The molecule has 2 saturated heterocycles. The van der Waals surface area contributed by atoms with Crippen LogP contribution in [0.4, 0.5) is 5.69 Å². The number of fused-ring (bicyclic) bond motifs is 1. The predicted octanol–water partition coefficient (Wildman–Crippen LogP) is 3.77. The van der Waals surface area contributed by atoms with Gasteiger partial charge in [0.25, 0.3) is 0 Å². The molecule has 2 heterocycles. The summed E-state index contributed by atoms with van der Waals surface area (Å²) in [6.07, 6.45) is 2.57. The van der Waals surface area contributed by atoms with Crippen LogP contribution in [0.1, 0.15) is 12.8 Å². The van der Waals surface area contributed by atoms with Crippen LogP contribution in [-0.2, 0) is 0 Å². The molecule has 0 aliphatic carbocycles. The standard InChI is InChI=1S/C15H20Cl2N2/c1-18-9-11-4-6-19(7-5-12(11)10-18)13-2-3-14(16)15(17)8-13/h2-3,8,11-12H,4-7,9-10H2,1H3. The maximum Gasteiger partial charge on any atom is 0.0612 e. The molecule has 3 rings (SSSR count). The van der Waals surface area contributed by atoms with Gasteiger partial charge in [-0.1, -0.05) is 23.2 Å². The third-order valence-electron chi connectivity index (χ3n) is 4.57. The van der Waals surface area contributed by atoms with Gasteiger partial charge in [-0.25, -0.2) is 0 Å². The van der Waals surface area contributed by atoms with Gasteiger partial charge in [-0.2, -0.15) is 0 Å². The second kappa shape index (κ2) is 5.51. The van der Waals surface area contributed by atoms with E-state index in [9.17, 15) is 0 Å². The summed E-state index contributed by atoms with van der Waals surface area (Å²) in [4.78, 5) is 4.94. The highest BCUT2D eigenvalue weighted by atomic mass is 35.5. The lowest BCUT2D eigenvalue weighted by Gasteiger charge is -2.24. The molecule has 104 valence electrons. The first-order chi connectivity index (χ1) is 9.13. The molecule has 1 aromatic carbocycles. The molecule has 2 unspecified atom stereocenters. The Morgan fingerprint density at radius 1 is 1.00 bits per heavy atom. The zero-order chi connectivity index (χ0) is 13.4. The number of nitrogens with zero attached hydrogens (tertiary/aromatic N) is 2. The van der Waals surface area contributed by atoms with Crippen LogP contribution in [0.5, 0.6) is 0 Å². The third kappa shape index (κ3) is 2.86. The second-order valence-electron chi connectivity index (χ2n) is 5.90. The van der Waals surface area contributed by atoms with Gasteiger partial charge in [-0.15, -0.1) is 0 Å². The van der Waals surface area contributed by atoms with Crippen LogP contribution in [-0.4, -0.2) is 38.1 Å². The van der Waals surface area contributed by atoms with Gasteiger partial charge in [-0.3, -0.25) is 0 Å². The zero-order valence-electron chi connectivity index (χ0n) is 11.3. The minimum absolute atomic E-state index is 0.638. The largest absolute Gasteiger partial charge is 0.371 e. The Hall–Kier alpha value is -0.440. The summed E-state index contributed by atoms with van der Waals surface area (Å²) in [6.45, 7) is 4.79. The van der Waals surface area contributed by atoms with Crippen LogP contribution in [0.25, 0.3) is 0 Å². The van der Waals surface area contributed by atoms with Crippen LogP contribution >= 0.6 is 23.2 Å². The van der Waals surface area contributed by atoms with E-state index in [1.165, 1.54) is 31.6 Å². The van der Waals surface area contributed by atoms with Crippen LogP contribution in [0.15, 0.2) is 18.2 Å². The fourth-order valence-electron chi connectivity index (χ4n) is 3.52. The number of hydrogen-bond donors (Lipinski definition) is 0. The summed E-state index contributed by atoms with van der Waals surface area (Å²) in [5.74, 6) is 1.75. The van der Waals surface area contributed by atoms with Crippen molar-refractivity contribution in [1.82, 2.24) is 4.90 Å². The Morgan fingerprint density at radius 2 is 1.63 bits per heavy atom. The molecule has 2 nitrogen and oxygen atoms in total. The maximum atomic E-state index is 6.12. The van der Waals surface area contributed by atoms with E-state index in [4.69, 9.17) is 23.2 Å². The quantitative estimate of drug-likeness (QED) is 0.779. The molecule has 0 aromatic heterocycles. The average molecular weight is 299 g/mol. The van der Waals surface area contributed by atoms with E-state index < -0.39 is 0 Å². The molecule has 2 aliphatic rings. The minimum Gasteiger partial charge on any atom is -0.371 e. The number of rotatable bonds is 1. The molecule has 19 heavy (non-hydrogen) atoms. The lowest BCUT2D eigenvalue weighted by atomic mass is 9.92. The van der Waals surface area contributed by atoms with Crippen molar-refractivity contribution < 1.29 is 0 Å². The fraction of sp³-hybridized carbons (Fsp3) is 0.600. The molecule has 0 saturated carbocycles. The lowest BCUT2D eigenvalue weighted by molar-refractivity contribution is 0.387. The van der Waals surface area contributed by atoms with E-state index in [-0.39, 0.29) is 0 Å². The molecule has 4 heteroatoms. The summed E-state index contributed by atoms with van der Waals surface area (Å²) in [7, 11) is 2.24. The molecule has 0 N–H and O–H groups in total. The van der Waals surface area contributed by atoms with E-state index in [1.54, 1.807) is 0 Å². The van der Waals surface area contributed by atoms with Crippen molar-refractivity contribution in [3.05, 3.63) is 28.2 Å². The van der Waals surface area contributed by atoms with E-state index in [0.29, 0.717) is 10.0 Å². The highest BCUT2D eigenvalue weighted by molar-refractivity contribution is 6.42. The Labute approximate surface area is 125 Å². The highest BCUT2D eigenvalue weighted by Crippen LogP contribution is 2.34. The van der Waals surface area contributed by atoms with Crippen LogP contribution < -0.4 is 4.90 Å². The van der Waals surface area contributed by atoms with Crippen LogP contribution in [0, 0.1) is 11.8 Å². The van der Waals surface area contributed by atoms with Gasteiger partial charge in [0.2, 0.25) is 0 Å². The molecular formula is C15H20Cl2N2. The SMILES string of the molecule is CN1CC2CCN(c3ccc(Cl)c(Cl)c3)CCC2C1. The smallest absolute Gasteiger partial charge is 0.0612 e. The molecule has 0 amide bonds. The van der Waals surface area contributed by atoms with Crippen molar-refractivity contribution in [3.8, 4) is 0 Å². The maximum absolute atomic E-state index is 6.12. The minimum atomic E-state index is 0.638. The molecule has 2 aliphatic heterocycles. The fourth-order valence-corrected chi connectivity index (χ4v) is 3.81. The predicted molar refractivity (Wildman–Crippen MR) is 82.4 cm³/mol. The molecular weight excluding hydrogens is 279 g/mol. The van der Waals surface area contributed by atoms with E-state index in [0.717, 1.165) is 24.9 Å². The Morgan fingerprint density at radius 3 is 2.21 bits per heavy atom. The normalized spacial score (nSPS) is 28.3. The molecule has 2 atom stereocenters. The molecule has 1 aromatic rings. The van der Waals surface area contributed by atoms with Crippen LogP contribution in [0.2, 0.25) is 10.0 Å². The highest BCUT2D eigenvalue weighted by Gasteiger charge is 2.33. The first kappa shape index (κ1) is 13.5. The monoisotopic (exact) mass is 298 g/mol. The number of halogens is 2. The van der Waals surface area contributed by atoms with E-state index >= 15 is 0 Å². The summed E-state index contributed by atoms with van der Waals surface area (Å²) < 4.78 is 0. The zero-order valence-corrected chi connectivity index (χ0v) is 12.8. The summed E-state index contributed by atoms with van der Waals surface area (Å²) in [5, 5.41) is 1.29. The van der Waals surface area contributed by atoms with Crippen molar-refractivity contribution in [2.45, 2.75) is 12.8 Å². The third-order valence-corrected chi connectivity index (χ3v) is 5.31. The van der Waals surface area contributed by atoms with Crippen molar-refractivity contribution in [2.24, 2.45) is 11.8 Å². The summed E-state index contributed by atoms with van der Waals surface area (Å²) in [5.41, 5.74) is 1.21. The topological polar surface area (TPSA) is 6.48 Å². The number of benzene rings is 1. The van der Waals surface area contributed by atoms with Gasteiger partial charge in [-0.05, 0) is 49.9 Å². The lowest BCUT2D eigenvalue weighted by Crippen LogP contribution is -2.26. The van der Waals surface area contributed by atoms with Crippen LogP contribution in [0.3, 0.4) is 0 Å². The van der Waals surface area contributed by atoms with Gasteiger partial charge >= 0.3 is 0 Å². The second-order valence-corrected chi connectivity index (χ2v) is 6.72.